The van der Waals surface area contributed by atoms with E-state index in [9.17, 15) is 4.79 Å². The summed E-state index contributed by atoms with van der Waals surface area (Å²) in [4.78, 5) is 9.44. The zero-order valence-electron chi connectivity index (χ0n) is 2.68. The Bertz CT molecular complexity index is 46.9. The molecule has 1 fully saturated rings. The number of rotatable bonds is 1. The molecule has 1 heterocycles. The molecule has 0 N–H and O–H groups in total. The topological polar surface area (TPSA) is 29.6 Å². The number of hydrogen-bond donors (Lipinski definition) is 0. The van der Waals surface area contributed by atoms with Crippen LogP contribution in [0.3, 0.4) is 0 Å². The Morgan fingerprint density at radius 1 is 2.00 bits per heavy atom. The van der Waals surface area contributed by atoms with Crippen molar-refractivity contribution in [2.45, 2.75) is 6.10 Å². The van der Waals surface area contributed by atoms with Gasteiger partial charge in [-0.1, -0.05) is 0 Å². The number of ether oxygens (including phenoxy) is 1. The molecule has 0 amide bonds. The third-order valence-corrected chi connectivity index (χ3v) is 0.511. The van der Waals surface area contributed by atoms with Gasteiger partial charge in [-0.15, -0.1) is 0 Å². The average Bonchev–Trinajstić information content (AvgIpc) is 2.12. The molecule has 28 valence electrons. The second kappa shape index (κ2) is 0.792. The lowest BCUT2D eigenvalue weighted by molar-refractivity contribution is -0.108. The fraction of sp³-hybridized carbons (Fsp3) is 0.667. The van der Waals surface area contributed by atoms with E-state index in [0.29, 0.717) is 6.61 Å². The van der Waals surface area contributed by atoms with Crippen molar-refractivity contribution in [1.29, 1.82) is 0 Å². The predicted octanol–water partition coefficient (Wildman–Crippen LogP) is -0.416. The van der Waals surface area contributed by atoms with Crippen molar-refractivity contribution in [2.75, 3.05) is 6.61 Å². The monoisotopic (exact) mass is 72.0 g/mol. The first-order chi connectivity index (χ1) is 2.43. The molecule has 0 aromatic rings. The minimum absolute atomic E-state index is 0.0463. The van der Waals surface area contributed by atoms with Crippen LogP contribution in [0.5, 0.6) is 0 Å². The van der Waals surface area contributed by atoms with E-state index in [1.807, 2.05) is 0 Å². The van der Waals surface area contributed by atoms with Gasteiger partial charge in [-0.2, -0.15) is 0 Å². The van der Waals surface area contributed by atoms with Gasteiger partial charge in [0.25, 0.3) is 0 Å². The summed E-state index contributed by atoms with van der Waals surface area (Å²) in [5.41, 5.74) is 0. The molecule has 1 atom stereocenters. The van der Waals surface area contributed by atoms with Crippen LogP contribution in [-0.2, 0) is 9.53 Å². The Balaban J connectivity index is 2.21. The molecule has 1 aliphatic heterocycles. The maximum atomic E-state index is 9.44. The Morgan fingerprint density at radius 3 is 2.60 bits per heavy atom. The smallest absolute Gasteiger partial charge is 0.151 e. The molecular formula is C3H4O2. The van der Waals surface area contributed by atoms with Gasteiger partial charge in [0.05, 0.1) is 6.61 Å². The molecule has 1 saturated heterocycles. The normalized spacial score (nSPS) is 33.2. The highest BCUT2D eigenvalue weighted by Gasteiger charge is 2.19. The van der Waals surface area contributed by atoms with Crippen LogP contribution in [0, 0.1) is 0 Å². The minimum atomic E-state index is -0.0463. The lowest BCUT2D eigenvalue weighted by atomic mass is 10.6. The van der Waals surface area contributed by atoms with Crippen molar-refractivity contribution in [3.8, 4) is 0 Å². The molecule has 0 unspecified atom stereocenters. The second-order valence-electron chi connectivity index (χ2n) is 1.01. The zero-order valence-corrected chi connectivity index (χ0v) is 2.68. The number of hydrogen-bond acceptors (Lipinski definition) is 2. The van der Waals surface area contributed by atoms with E-state index in [1.165, 1.54) is 0 Å². The van der Waals surface area contributed by atoms with Crippen molar-refractivity contribution in [1.82, 2.24) is 0 Å². The van der Waals surface area contributed by atoms with E-state index < -0.39 is 0 Å². The molecular weight excluding hydrogens is 68.0 g/mol. The summed E-state index contributed by atoms with van der Waals surface area (Å²) in [5, 5.41) is 0. The van der Waals surface area contributed by atoms with E-state index in [2.05, 4.69) is 4.74 Å². The quantitative estimate of drug-likeness (QED) is 0.311. The van der Waals surface area contributed by atoms with Crippen molar-refractivity contribution in [3.63, 3.8) is 0 Å². The highest BCUT2D eigenvalue weighted by Crippen LogP contribution is 2.02. The summed E-state index contributed by atoms with van der Waals surface area (Å²) in [6.45, 7) is 0.642. The van der Waals surface area contributed by atoms with E-state index >= 15 is 0 Å². The van der Waals surface area contributed by atoms with Crippen LogP contribution in [0.1, 0.15) is 0 Å². The van der Waals surface area contributed by atoms with Crippen LogP contribution in [0.25, 0.3) is 0 Å². The van der Waals surface area contributed by atoms with Crippen LogP contribution >= 0.6 is 0 Å². The van der Waals surface area contributed by atoms with Gasteiger partial charge < -0.3 is 9.53 Å². The van der Waals surface area contributed by atoms with Crippen molar-refractivity contribution in [3.05, 3.63) is 0 Å². The van der Waals surface area contributed by atoms with Gasteiger partial charge in [0.15, 0.2) is 6.29 Å². The Kier molecular flexibility index (Phi) is 0.451. The molecule has 2 nitrogen and oxygen atoms in total. The van der Waals surface area contributed by atoms with Crippen molar-refractivity contribution < 1.29 is 9.53 Å². The van der Waals surface area contributed by atoms with Crippen LogP contribution in [0.2, 0.25) is 0 Å². The summed E-state index contributed by atoms with van der Waals surface area (Å²) >= 11 is 0. The maximum absolute atomic E-state index is 9.44. The lowest BCUT2D eigenvalue weighted by Gasteiger charge is -1.53. The molecule has 0 aromatic carbocycles. The fourth-order valence-corrected chi connectivity index (χ4v) is 0.134. The molecule has 0 radical (unpaired) electrons. The third kappa shape index (κ3) is 0.450. The second-order valence-corrected chi connectivity index (χ2v) is 1.01. The van der Waals surface area contributed by atoms with Gasteiger partial charge in [-0.05, 0) is 0 Å². The van der Waals surface area contributed by atoms with Gasteiger partial charge in [-0.3, -0.25) is 0 Å². The van der Waals surface area contributed by atoms with E-state index in [1.54, 1.807) is 0 Å². The number of aldehydes is 1. The molecule has 5 heavy (non-hydrogen) atoms. The highest BCUT2D eigenvalue weighted by atomic mass is 16.6. The number of epoxide rings is 1. The van der Waals surface area contributed by atoms with Gasteiger partial charge in [0.2, 0.25) is 0 Å². The van der Waals surface area contributed by atoms with Crippen molar-refractivity contribution in [2.24, 2.45) is 0 Å². The lowest BCUT2D eigenvalue weighted by Crippen LogP contribution is -1.79. The van der Waals surface area contributed by atoms with E-state index in [0.717, 1.165) is 6.29 Å². The van der Waals surface area contributed by atoms with Gasteiger partial charge in [0.1, 0.15) is 6.10 Å². The molecule has 0 spiro atoms. The predicted molar refractivity (Wildman–Crippen MR) is 15.8 cm³/mol. The molecule has 0 aliphatic carbocycles. The number of carbonyl (C=O) groups excluding carboxylic acids is 1. The summed E-state index contributed by atoms with van der Waals surface area (Å²) < 4.78 is 4.49. The highest BCUT2D eigenvalue weighted by molar-refractivity contribution is 5.58. The Morgan fingerprint density at radius 2 is 2.60 bits per heavy atom. The van der Waals surface area contributed by atoms with Gasteiger partial charge >= 0.3 is 0 Å². The van der Waals surface area contributed by atoms with Crippen LogP contribution in [0.4, 0.5) is 0 Å². The van der Waals surface area contributed by atoms with Crippen molar-refractivity contribution >= 4 is 6.29 Å². The molecule has 1 rings (SSSR count). The molecule has 1 aliphatic rings. The standard InChI is InChI=1S/C3H4O2/c4-1-3-2-5-3/h1,3H,2H2/t3-/m0/s1. The van der Waals surface area contributed by atoms with Crippen LogP contribution in [-0.4, -0.2) is 19.0 Å². The minimum Gasteiger partial charge on any atom is -0.365 e. The maximum Gasteiger partial charge on any atom is 0.151 e. The molecule has 0 aromatic heterocycles. The van der Waals surface area contributed by atoms with E-state index in [-0.39, 0.29) is 6.10 Å². The first-order valence-electron chi connectivity index (χ1n) is 1.50. The molecule has 0 bridgehead atoms. The zero-order chi connectivity index (χ0) is 3.70. The first-order valence-corrected chi connectivity index (χ1v) is 1.50. The number of carbonyl (C=O) groups is 1. The first kappa shape index (κ1) is 2.85. The van der Waals surface area contributed by atoms with Crippen LogP contribution < -0.4 is 0 Å². The Labute approximate surface area is 29.7 Å². The van der Waals surface area contributed by atoms with Crippen LogP contribution in [0.15, 0.2) is 0 Å². The van der Waals surface area contributed by atoms with Gasteiger partial charge in [-0.25, -0.2) is 0 Å². The summed E-state index contributed by atoms with van der Waals surface area (Å²) in [6, 6.07) is 0. The van der Waals surface area contributed by atoms with E-state index in [4.69, 9.17) is 0 Å². The summed E-state index contributed by atoms with van der Waals surface area (Å²) in [7, 11) is 0. The fourth-order valence-electron chi connectivity index (χ4n) is 0.134. The molecule has 2 heteroatoms. The van der Waals surface area contributed by atoms with Gasteiger partial charge in [0, 0.05) is 0 Å². The largest absolute Gasteiger partial charge is 0.365 e. The summed E-state index contributed by atoms with van der Waals surface area (Å²) in [6.07, 6.45) is 0.759. The Hall–Kier alpha value is -0.370. The average molecular weight is 72.1 g/mol. The third-order valence-electron chi connectivity index (χ3n) is 0.511. The SMILES string of the molecule is O=C[C@H]1CO1. The molecule has 0 saturated carbocycles. The summed E-state index contributed by atoms with van der Waals surface area (Å²) in [5.74, 6) is 0.